The monoisotopic (exact) mass is 368 g/mol. The fourth-order valence-electron chi connectivity index (χ4n) is 4.23. The van der Waals surface area contributed by atoms with Crippen molar-refractivity contribution < 1.29 is 5.11 Å². The van der Waals surface area contributed by atoms with E-state index in [0.29, 0.717) is 11.6 Å². The molecule has 0 spiro atoms. The molecule has 1 fully saturated rings. The zero-order valence-electron chi connectivity index (χ0n) is 14.5. The molecule has 2 aliphatic rings. The largest absolute Gasteiger partial charge is 0.391 e. The molecule has 3 aromatic rings. The minimum Gasteiger partial charge on any atom is -0.391 e. The summed E-state index contributed by atoms with van der Waals surface area (Å²) in [5.74, 6) is 1.12. The van der Waals surface area contributed by atoms with Crippen molar-refractivity contribution in [1.29, 1.82) is 0 Å². The van der Waals surface area contributed by atoms with Gasteiger partial charge in [-0.3, -0.25) is 0 Å². The van der Waals surface area contributed by atoms with Crippen LogP contribution in [0.15, 0.2) is 30.3 Å². The van der Waals surface area contributed by atoms with Crippen LogP contribution in [0, 0.1) is 0 Å². The number of β-amino-alcohol motifs (C(OH)–C–C–N with tert-alkyl or cyclic N) is 1. The molecule has 0 amide bonds. The number of piperidine rings is 1. The molecule has 0 bridgehead atoms. The van der Waals surface area contributed by atoms with E-state index in [4.69, 9.17) is 21.7 Å². The number of nitrogens with zero attached hydrogens (tertiary/aromatic N) is 4. The second-order valence-electron chi connectivity index (χ2n) is 7.27. The van der Waals surface area contributed by atoms with Gasteiger partial charge >= 0.3 is 0 Å². The summed E-state index contributed by atoms with van der Waals surface area (Å²) in [6.45, 7) is 1.62. The van der Waals surface area contributed by atoms with Gasteiger partial charge in [0.15, 0.2) is 5.65 Å². The second-order valence-corrected chi connectivity index (χ2v) is 7.70. The van der Waals surface area contributed by atoms with Crippen LogP contribution in [0.1, 0.15) is 30.5 Å². The van der Waals surface area contributed by atoms with Crippen LogP contribution >= 0.6 is 11.6 Å². The van der Waals surface area contributed by atoms with Gasteiger partial charge < -0.3 is 10.0 Å². The van der Waals surface area contributed by atoms with Crippen molar-refractivity contribution in [3.05, 3.63) is 46.6 Å². The van der Waals surface area contributed by atoms with Gasteiger partial charge in [-0.25, -0.2) is 4.98 Å². The summed E-state index contributed by atoms with van der Waals surface area (Å²) < 4.78 is 1.97. The average molecular weight is 369 g/mol. The molecule has 0 radical (unpaired) electrons. The highest BCUT2D eigenvalue weighted by Crippen LogP contribution is 2.34. The Bertz CT molecular complexity index is 983. The highest BCUT2D eigenvalue weighted by atomic mass is 35.5. The number of rotatable bonds is 2. The minimum atomic E-state index is -0.271. The molecule has 1 aromatic carbocycles. The van der Waals surface area contributed by atoms with Gasteiger partial charge in [0.2, 0.25) is 0 Å². The smallest absolute Gasteiger partial charge is 0.158 e. The van der Waals surface area contributed by atoms with Crippen LogP contribution in [0.2, 0.25) is 5.02 Å². The molecule has 1 aliphatic heterocycles. The fraction of sp³-hybridized carbons (Fsp3) is 0.400. The molecule has 3 heterocycles. The number of hydrogen-bond donors (Lipinski definition) is 1. The molecule has 5 rings (SSSR count). The first-order valence-corrected chi connectivity index (χ1v) is 9.67. The van der Waals surface area contributed by atoms with Crippen LogP contribution < -0.4 is 4.90 Å². The summed E-state index contributed by atoms with van der Waals surface area (Å²) in [5.41, 5.74) is 5.23. The van der Waals surface area contributed by atoms with Crippen molar-refractivity contribution in [2.75, 3.05) is 18.0 Å². The van der Waals surface area contributed by atoms with Crippen LogP contribution in [0.3, 0.4) is 0 Å². The van der Waals surface area contributed by atoms with Crippen molar-refractivity contribution in [2.45, 2.75) is 38.2 Å². The van der Waals surface area contributed by atoms with E-state index in [1.165, 1.54) is 11.3 Å². The minimum absolute atomic E-state index is 0.271. The molecule has 1 atom stereocenters. The average Bonchev–Trinajstić information content (AvgIpc) is 3.25. The summed E-state index contributed by atoms with van der Waals surface area (Å²) in [5, 5.41) is 15.8. The van der Waals surface area contributed by atoms with E-state index in [9.17, 15) is 5.11 Å². The Morgan fingerprint density at radius 2 is 2.08 bits per heavy atom. The molecule has 2 aromatic heterocycles. The van der Waals surface area contributed by atoms with Crippen LogP contribution in [0.5, 0.6) is 0 Å². The Kier molecular flexibility index (Phi) is 3.87. The third kappa shape index (κ3) is 2.66. The predicted octanol–water partition coefficient (Wildman–Crippen LogP) is 3.50. The van der Waals surface area contributed by atoms with Gasteiger partial charge in [0.1, 0.15) is 5.82 Å². The molecule has 1 saturated heterocycles. The first-order chi connectivity index (χ1) is 12.7. The zero-order chi connectivity index (χ0) is 17.7. The van der Waals surface area contributed by atoms with E-state index in [-0.39, 0.29) is 6.10 Å². The Morgan fingerprint density at radius 1 is 1.15 bits per heavy atom. The maximum Gasteiger partial charge on any atom is 0.158 e. The number of aliphatic hydroxyl groups is 1. The highest BCUT2D eigenvalue weighted by Gasteiger charge is 2.28. The normalized spacial score (nSPS) is 19.9. The quantitative estimate of drug-likeness (QED) is 0.752. The van der Waals surface area contributed by atoms with Crippen molar-refractivity contribution in [3.8, 4) is 11.3 Å². The molecule has 1 N–H and O–H groups in total. The molecule has 6 heteroatoms. The molecular weight excluding hydrogens is 348 g/mol. The zero-order valence-corrected chi connectivity index (χ0v) is 15.3. The molecule has 26 heavy (non-hydrogen) atoms. The number of halogens is 1. The van der Waals surface area contributed by atoms with Gasteiger partial charge in [0.25, 0.3) is 0 Å². The first kappa shape index (κ1) is 16.1. The van der Waals surface area contributed by atoms with Gasteiger partial charge in [-0.15, -0.1) is 0 Å². The SMILES string of the molecule is O[C@H]1CCCN(c2c3c(nc4cc(-c5cccc(Cl)c5)nn24)CCC3)C1. The van der Waals surface area contributed by atoms with E-state index >= 15 is 0 Å². The van der Waals surface area contributed by atoms with Crippen LogP contribution in [0.4, 0.5) is 5.82 Å². The summed E-state index contributed by atoms with van der Waals surface area (Å²) in [6, 6.07) is 9.80. The van der Waals surface area contributed by atoms with Crippen LogP contribution in [0.25, 0.3) is 16.9 Å². The maximum atomic E-state index is 10.2. The van der Waals surface area contributed by atoms with Gasteiger partial charge in [0, 0.05) is 41.0 Å². The van der Waals surface area contributed by atoms with E-state index in [1.807, 2.05) is 34.8 Å². The van der Waals surface area contributed by atoms with Crippen molar-refractivity contribution in [1.82, 2.24) is 14.6 Å². The first-order valence-electron chi connectivity index (χ1n) is 9.29. The Hall–Kier alpha value is -2.11. The Labute approximate surface area is 157 Å². The third-order valence-electron chi connectivity index (χ3n) is 5.42. The summed E-state index contributed by atoms with van der Waals surface area (Å²) in [7, 11) is 0. The lowest BCUT2D eigenvalue weighted by atomic mass is 10.1. The summed E-state index contributed by atoms with van der Waals surface area (Å²) in [6.07, 6.45) is 4.80. The molecule has 0 unspecified atom stereocenters. The number of aliphatic hydroxyl groups excluding tert-OH is 1. The van der Waals surface area contributed by atoms with Gasteiger partial charge in [-0.2, -0.15) is 9.61 Å². The van der Waals surface area contributed by atoms with Crippen molar-refractivity contribution >= 4 is 23.1 Å². The van der Waals surface area contributed by atoms with E-state index < -0.39 is 0 Å². The number of benzene rings is 1. The molecule has 0 saturated carbocycles. The number of aryl methyl sites for hydroxylation is 1. The molecular formula is C20H21ClN4O. The number of aromatic nitrogens is 3. The lowest BCUT2D eigenvalue weighted by molar-refractivity contribution is 0.153. The number of hydrogen-bond acceptors (Lipinski definition) is 4. The topological polar surface area (TPSA) is 53.7 Å². The maximum absolute atomic E-state index is 10.2. The predicted molar refractivity (Wildman–Crippen MR) is 103 cm³/mol. The number of fused-ring (bicyclic) bond motifs is 2. The Balaban J connectivity index is 1.69. The summed E-state index contributed by atoms with van der Waals surface area (Å²) in [4.78, 5) is 7.17. The fourth-order valence-corrected chi connectivity index (χ4v) is 4.42. The molecule has 134 valence electrons. The van der Waals surface area contributed by atoms with Crippen molar-refractivity contribution in [3.63, 3.8) is 0 Å². The van der Waals surface area contributed by atoms with Crippen molar-refractivity contribution in [2.24, 2.45) is 0 Å². The Morgan fingerprint density at radius 3 is 2.92 bits per heavy atom. The van der Waals surface area contributed by atoms with Crippen LogP contribution in [-0.2, 0) is 12.8 Å². The molecule has 1 aliphatic carbocycles. The van der Waals surface area contributed by atoms with Gasteiger partial charge in [-0.1, -0.05) is 23.7 Å². The van der Waals surface area contributed by atoms with E-state index in [1.54, 1.807) is 0 Å². The highest BCUT2D eigenvalue weighted by molar-refractivity contribution is 6.30. The van der Waals surface area contributed by atoms with Crippen LogP contribution in [-0.4, -0.2) is 38.9 Å². The standard InChI is InChI=1S/C20H21ClN4O/c21-14-5-1-4-13(10-14)18-11-19-22-17-8-2-7-16(17)20(25(19)23-18)24-9-3-6-15(26)12-24/h1,4-5,10-11,15,26H,2-3,6-9,12H2/t15-/m0/s1. The third-order valence-corrected chi connectivity index (χ3v) is 5.65. The van der Waals surface area contributed by atoms with Gasteiger partial charge in [0.05, 0.1) is 11.8 Å². The number of anilines is 1. The second kappa shape index (κ2) is 6.25. The summed E-state index contributed by atoms with van der Waals surface area (Å²) >= 11 is 6.16. The molecule has 5 nitrogen and oxygen atoms in total. The van der Waals surface area contributed by atoms with Gasteiger partial charge in [-0.05, 0) is 44.2 Å². The lowest BCUT2D eigenvalue weighted by Gasteiger charge is -2.33. The van der Waals surface area contributed by atoms with E-state index in [0.717, 1.165) is 61.4 Å². The lowest BCUT2D eigenvalue weighted by Crippen LogP contribution is -2.40. The van der Waals surface area contributed by atoms with E-state index in [2.05, 4.69) is 4.90 Å².